The van der Waals surface area contributed by atoms with Crippen molar-refractivity contribution in [1.29, 1.82) is 0 Å². The van der Waals surface area contributed by atoms with Crippen LogP contribution in [0.15, 0.2) is 48.6 Å². The maximum Gasteiger partial charge on any atom is -0.00152 e. The minimum atomic E-state index is 0.836. The Balaban J connectivity index is 1.84. The first-order chi connectivity index (χ1) is 8.43. The van der Waals surface area contributed by atoms with Gasteiger partial charge in [0.1, 0.15) is 0 Å². The van der Waals surface area contributed by atoms with E-state index in [9.17, 15) is 0 Å². The number of allylic oxidation sites excluding steroid dienone is 2. The lowest BCUT2D eigenvalue weighted by atomic mass is 9.62. The Morgan fingerprint density at radius 2 is 1.65 bits per heavy atom. The fourth-order valence-corrected chi connectivity index (χ4v) is 4.52. The lowest BCUT2D eigenvalue weighted by molar-refractivity contribution is 0.448. The highest BCUT2D eigenvalue weighted by atomic mass is 14.6. The zero-order chi connectivity index (χ0) is 11.0. The second kappa shape index (κ2) is 2.64. The van der Waals surface area contributed by atoms with Crippen LogP contribution in [-0.2, 0) is 0 Å². The van der Waals surface area contributed by atoms with Crippen LogP contribution in [0.2, 0.25) is 0 Å². The topological polar surface area (TPSA) is 0 Å². The van der Waals surface area contributed by atoms with Crippen molar-refractivity contribution in [2.75, 3.05) is 0 Å². The summed E-state index contributed by atoms with van der Waals surface area (Å²) in [5, 5.41) is 2.92. The summed E-state index contributed by atoms with van der Waals surface area (Å²) in [6.45, 7) is 0. The van der Waals surface area contributed by atoms with Crippen molar-refractivity contribution in [2.24, 2.45) is 11.8 Å². The van der Waals surface area contributed by atoms with Gasteiger partial charge in [-0.05, 0) is 52.0 Å². The number of hydrogen-bond donors (Lipinski definition) is 0. The Morgan fingerprint density at radius 3 is 2.59 bits per heavy atom. The van der Waals surface area contributed by atoms with Crippen molar-refractivity contribution in [3.8, 4) is 0 Å². The summed E-state index contributed by atoms with van der Waals surface area (Å²) < 4.78 is 0. The second-order valence-corrected chi connectivity index (χ2v) is 5.79. The molecule has 3 aliphatic rings. The van der Waals surface area contributed by atoms with Gasteiger partial charge in [0.15, 0.2) is 0 Å². The van der Waals surface area contributed by atoms with Gasteiger partial charge in [-0.3, -0.25) is 0 Å². The molecular weight excluding hydrogens is 204 g/mol. The first-order valence-corrected chi connectivity index (χ1v) is 6.63. The maximum absolute atomic E-state index is 2.47. The van der Waals surface area contributed by atoms with E-state index in [1.165, 1.54) is 17.2 Å². The molecule has 0 unspecified atom stereocenters. The lowest BCUT2D eigenvalue weighted by Crippen LogP contribution is -2.27. The number of hydrogen-bond acceptors (Lipinski definition) is 0. The summed E-state index contributed by atoms with van der Waals surface area (Å²) in [7, 11) is 0. The van der Waals surface area contributed by atoms with E-state index in [4.69, 9.17) is 0 Å². The van der Waals surface area contributed by atoms with Gasteiger partial charge in [-0.15, -0.1) is 0 Å². The highest BCUT2D eigenvalue weighted by Crippen LogP contribution is 2.66. The van der Waals surface area contributed by atoms with Crippen LogP contribution in [0.25, 0.3) is 10.8 Å². The van der Waals surface area contributed by atoms with E-state index in [-0.39, 0.29) is 0 Å². The van der Waals surface area contributed by atoms with E-state index in [1.54, 1.807) is 11.1 Å². The number of rotatable bonds is 0. The molecular formula is C17H14. The molecule has 4 atom stereocenters. The van der Waals surface area contributed by atoms with E-state index in [2.05, 4.69) is 48.6 Å². The third-order valence-electron chi connectivity index (χ3n) is 5.16. The molecule has 0 spiro atoms. The Hall–Kier alpha value is -1.56. The first-order valence-electron chi connectivity index (χ1n) is 6.63. The third kappa shape index (κ3) is 0.845. The van der Waals surface area contributed by atoms with Gasteiger partial charge in [-0.1, -0.05) is 48.6 Å². The quantitative estimate of drug-likeness (QED) is 0.580. The summed E-state index contributed by atoms with van der Waals surface area (Å²) in [6.07, 6.45) is 6.33. The van der Waals surface area contributed by atoms with Gasteiger partial charge in [-0.2, -0.15) is 0 Å². The van der Waals surface area contributed by atoms with Gasteiger partial charge >= 0.3 is 0 Å². The van der Waals surface area contributed by atoms with Crippen molar-refractivity contribution in [1.82, 2.24) is 0 Å². The molecule has 3 aliphatic carbocycles. The number of fused-ring (bicyclic) bond motifs is 10. The molecule has 0 nitrogen and oxygen atoms in total. The fraction of sp³-hybridized carbons (Fsp3) is 0.294. The van der Waals surface area contributed by atoms with Crippen LogP contribution in [-0.4, -0.2) is 0 Å². The molecule has 0 saturated heterocycles. The normalized spacial score (nSPS) is 35.8. The Bertz CT molecular complexity index is 665. The van der Waals surface area contributed by atoms with Crippen molar-refractivity contribution >= 4 is 10.8 Å². The van der Waals surface area contributed by atoms with Crippen LogP contribution in [0.3, 0.4) is 0 Å². The van der Waals surface area contributed by atoms with Crippen molar-refractivity contribution in [3.05, 3.63) is 59.7 Å². The molecule has 0 aliphatic heterocycles. The number of benzene rings is 2. The SMILES string of the molecule is C1=C[C@H]2C[C@H]1[C@@H]1c3c(ccc4ccccc34)[C@@H]12. The average molecular weight is 218 g/mol. The first kappa shape index (κ1) is 8.52. The monoisotopic (exact) mass is 218 g/mol. The summed E-state index contributed by atoms with van der Waals surface area (Å²) in [6, 6.07) is 13.6. The summed E-state index contributed by atoms with van der Waals surface area (Å²) in [4.78, 5) is 0. The Kier molecular flexibility index (Phi) is 1.32. The molecule has 2 aromatic carbocycles. The highest BCUT2D eigenvalue weighted by Gasteiger charge is 2.53. The summed E-state index contributed by atoms with van der Waals surface area (Å²) in [5.74, 6) is 3.37. The van der Waals surface area contributed by atoms with E-state index in [0.717, 1.165) is 23.7 Å². The molecule has 17 heavy (non-hydrogen) atoms. The maximum atomic E-state index is 2.47. The molecule has 1 saturated carbocycles. The highest BCUT2D eigenvalue weighted by molar-refractivity contribution is 5.89. The lowest BCUT2D eigenvalue weighted by Gasteiger charge is -2.41. The van der Waals surface area contributed by atoms with Crippen LogP contribution < -0.4 is 0 Å². The van der Waals surface area contributed by atoms with Crippen LogP contribution >= 0.6 is 0 Å². The molecule has 0 heterocycles. The molecule has 0 aromatic heterocycles. The molecule has 0 heteroatoms. The second-order valence-electron chi connectivity index (χ2n) is 5.79. The largest absolute Gasteiger partial charge is 0.0845 e. The van der Waals surface area contributed by atoms with Crippen molar-refractivity contribution in [3.63, 3.8) is 0 Å². The van der Waals surface area contributed by atoms with E-state index >= 15 is 0 Å². The fourth-order valence-electron chi connectivity index (χ4n) is 4.52. The van der Waals surface area contributed by atoms with E-state index in [0.29, 0.717) is 0 Å². The minimum absolute atomic E-state index is 0.836. The molecule has 2 bridgehead atoms. The van der Waals surface area contributed by atoms with E-state index < -0.39 is 0 Å². The van der Waals surface area contributed by atoms with Gasteiger partial charge in [-0.25, -0.2) is 0 Å². The average Bonchev–Trinajstić information content (AvgIpc) is 2.89. The summed E-state index contributed by atoms with van der Waals surface area (Å²) >= 11 is 0. The molecule has 5 rings (SSSR count). The van der Waals surface area contributed by atoms with Gasteiger partial charge in [0.25, 0.3) is 0 Å². The molecule has 0 N–H and O–H groups in total. The zero-order valence-corrected chi connectivity index (χ0v) is 9.64. The third-order valence-corrected chi connectivity index (χ3v) is 5.16. The van der Waals surface area contributed by atoms with Crippen LogP contribution in [0, 0.1) is 11.8 Å². The van der Waals surface area contributed by atoms with Crippen LogP contribution in [0.1, 0.15) is 29.4 Å². The summed E-state index contributed by atoms with van der Waals surface area (Å²) in [5.41, 5.74) is 3.32. The minimum Gasteiger partial charge on any atom is -0.0845 e. The van der Waals surface area contributed by atoms with Gasteiger partial charge in [0.05, 0.1) is 0 Å². The predicted octanol–water partition coefficient (Wildman–Crippen LogP) is 4.23. The molecule has 0 radical (unpaired) electrons. The van der Waals surface area contributed by atoms with Crippen LogP contribution in [0.5, 0.6) is 0 Å². The van der Waals surface area contributed by atoms with E-state index in [1.807, 2.05) is 0 Å². The smallest absolute Gasteiger partial charge is 0.00152 e. The van der Waals surface area contributed by atoms with Crippen LogP contribution in [0.4, 0.5) is 0 Å². The van der Waals surface area contributed by atoms with Gasteiger partial charge < -0.3 is 0 Å². The Morgan fingerprint density at radius 1 is 0.824 bits per heavy atom. The molecule has 2 aromatic rings. The van der Waals surface area contributed by atoms with Gasteiger partial charge in [0.2, 0.25) is 0 Å². The standard InChI is InChI=1S/C17H14/c1-2-4-13-10(3-1)7-8-14-15-11-5-6-12(9-11)16(15)17(13)14/h1-8,11-12,15-16H,9H2/t11-,12-,15-,16-/m0/s1. The molecule has 1 fully saturated rings. The molecule has 82 valence electrons. The zero-order valence-electron chi connectivity index (χ0n) is 9.64. The Labute approximate surface area is 101 Å². The van der Waals surface area contributed by atoms with Crippen molar-refractivity contribution < 1.29 is 0 Å². The molecule has 0 amide bonds. The van der Waals surface area contributed by atoms with Crippen molar-refractivity contribution in [2.45, 2.75) is 18.3 Å². The van der Waals surface area contributed by atoms with Gasteiger partial charge in [0, 0.05) is 0 Å². The predicted molar refractivity (Wildman–Crippen MR) is 70.2 cm³/mol.